The quantitative estimate of drug-likeness (QED) is 0.475. The Balaban J connectivity index is 1.71. The molecule has 2 aromatic heterocycles. The third-order valence-corrected chi connectivity index (χ3v) is 5.90. The molecule has 3 heterocycles. The van der Waals surface area contributed by atoms with Crippen LogP contribution < -0.4 is 10.9 Å². The van der Waals surface area contributed by atoms with Crippen LogP contribution in [-0.2, 0) is 0 Å². The molecule has 29 heavy (non-hydrogen) atoms. The van der Waals surface area contributed by atoms with Crippen molar-refractivity contribution >= 4 is 39.2 Å². The second kappa shape index (κ2) is 7.21. The van der Waals surface area contributed by atoms with Crippen LogP contribution in [0, 0.1) is 0 Å². The first-order chi connectivity index (χ1) is 14.1. The third kappa shape index (κ3) is 3.39. The Morgan fingerprint density at radius 2 is 1.90 bits per heavy atom. The molecule has 0 bridgehead atoms. The van der Waals surface area contributed by atoms with Crippen LogP contribution in [0.15, 0.2) is 47.3 Å². The molecule has 0 amide bonds. The molecule has 0 spiro atoms. The van der Waals surface area contributed by atoms with E-state index >= 15 is 0 Å². The molecule has 148 valence electrons. The van der Waals surface area contributed by atoms with E-state index in [9.17, 15) is 4.79 Å². The maximum atomic E-state index is 13.1. The smallest absolute Gasteiger partial charge is 0.261 e. The van der Waals surface area contributed by atoms with Crippen molar-refractivity contribution < 1.29 is 0 Å². The Kier molecular flexibility index (Phi) is 4.53. The van der Waals surface area contributed by atoms with Gasteiger partial charge in [-0.15, -0.1) is 0 Å². The number of anilines is 1. The average molecular weight is 408 g/mol. The van der Waals surface area contributed by atoms with E-state index in [1.807, 2.05) is 36.4 Å². The van der Waals surface area contributed by atoms with Gasteiger partial charge in [0.2, 0.25) is 0 Å². The monoisotopic (exact) mass is 407 g/mol. The number of rotatable bonds is 3. The number of H-pyrrole nitrogens is 2. The number of likely N-dealkylation sites (tertiary alicyclic amines) is 1. The SMILES string of the molecule is CN1CCC(Nc2c(-c3nc4ccccc4[nH]3)c(=O)[nH]c3ccc(Cl)cc23)CC1. The van der Waals surface area contributed by atoms with Crippen LogP contribution in [0.2, 0.25) is 5.02 Å². The maximum Gasteiger partial charge on any atom is 0.261 e. The van der Waals surface area contributed by atoms with Crippen molar-refractivity contribution in [3.05, 3.63) is 57.8 Å². The van der Waals surface area contributed by atoms with Crippen molar-refractivity contribution in [3.8, 4) is 11.4 Å². The number of fused-ring (bicyclic) bond motifs is 2. The third-order valence-electron chi connectivity index (χ3n) is 5.67. The molecule has 6 nitrogen and oxygen atoms in total. The molecular formula is C22H22ClN5O. The van der Waals surface area contributed by atoms with E-state index in [1.54, 1.807) is 6.07 Å². The van der Waals surface area contributed by atoms with Crippen LogP contribution in [-0.4, -0.2) is 46.0 Å². The molecule has 0 unspecified atom stereocenters. The lowest BCUT2D eigenvalue weighted by Crippen LogP contribution is -2.37. The Bertz CT molecular complexity index is 1220. The summed E-state index contributed by atoms with van der Waals surface area (Å²) in [5.74, 6) is 0.560. The molecule has 1 aliphatic heterocycles. The molecule has 3 N–H and O–H groups in total. The molecular weight excluding hydrogens is 386 g/mol. The molecule has 0 atom stereocenters. The minimum atomic E-state index is -0.172. The summed E-state index contributed by atoms with van der Waals surface area (Å²) in [5.41, 5.74) is 3.63. The zero-order chi connectivity index (χ0) is 20.0. The van der Waals surface area contributed by atoms with Gasteiger partial charge in [0.05, 0.1) is 22.2 Å². The number of nitrogens with zero attached hydrogens (tertiary/aromatic N) is 2. The molecule has 0 radical (unpaired) electrons. The first kappa shape index (κ1) is 18.2. The molecule has 1 fully saturated rings. The van der Waals surface area contributed by atoms with Gasteiger partial charge in [-0.25, -0.2) is 4.98 Å². The lowest BCUT2D eigenvalue weighted by atomic mass is 10.0. The lowest BCUT2D eigenvalue weighted by molar-refractivity contribution is 0.264. The highest BCUT2D eigenvalue weighted by Crippen LogP contribution is 2.33. The highest BCUT2D eigenvalue weighted by Gasteiger charge is 2.23. The fraction of sp³-hybridized carbons (Fsp3) is 0.273. The number of aromatic amines is 2. The minimum absolute atomic E-state index is 0.172. The zero-order valence-corrected chi connectivity index (χ0v) is 16.9. The molecule has 7 heteroatoms. The predicted molar refractivity (Wildman–Crippen MR) is 119 cm³/mol. The van der Waals surface area contributed by atoms with Crippen molar-refractivity contribution in [2.75, 3.05) is 25.5 Å². The summed E-state index contributed by atoms with van der Waals surface area (Å²) in [5, 5.41) is 5.18. The molecule has 4 aromatic rings. The van der Waals surface area contributed by atoms with E-state index in [4.69, 9.17) is 11.6 Å². The van der Waals surface area contributed by atoms with Crippen LogP contribution in [0.25, 0.3) is 33.3 Å². The molecule has 1 saturated heterocycles. The van der Waals surface area contributed by atoms with Crippen molar-refractivity contribution in [3.63, 3.8) is 0 Å². The van der Waals surface area contributed by atoms with Crippen LogP contribution in [0.5, 0.6) is 0 Å². The molecule has 1 aliphatic rings. The molecule has 0 saturated carbocycles. The maximum absolute atomic E-state index is 13.1. The number of nitrogens with one attached hydrogen (secondary N) is 3. The van der Waals surface area contributed by atoms with Gasteiger partial charge in [0.25, 0.3) is 5.56 Å². The zero-order valence-electron chi connectivity index (χ0n) is 16.1. The van der Waals surface area contributed by atoms with Crippen LogP contribution >= 0.6 is 11.6 Å². The number of halogens is 1. The summed E-state index contributed by atoms with van der Waals surface area (Å²) in [6.07, 6.45) is 2.04. The number of imidazole rings is 1. The number of benzene rings is 2. The number of para-hydroxylation sites is 2. The van der Waals surface area contributed by atoms with Gasteiger partial charge in [0.15, 0.2) is 0 Å². The van der Waals surface area contributed by atoms with Gasteiger partial charge >= 0.3 is 0 Å². The van der Waals surface area contributed by atoms with Crippen LogP contribution in [0.1, 0.15) is 12.8 Å². The fourth-order valence-electron chi connectivity index (χ4n) is 4.07. The summed E-state index contributed by atoms with van der Waals surface area (Å²) in [6.45, 7) is 2.05. The minimum Gasteiger partial charge on any atom is -0.381 e. The molecule has 0 aliphatic carbocycles. The number of pyridine rings is 1. The Labute approximate surface area is 172 Å². The van der Waals surface area contributed by atoms with Gasteiger partial charge in [-0.3, -0.25) is 4.79 Å². The fourth-order valence-corrected chi connectivity index (χ4v) is 4.24. The van der Waals surface area contributed by atoms with E-state index in [0.717, 1.165) is 53.6 Å². The first-order valence-corrected chi connectivity index (χ1v) is 10.2. The second-order valence-electron chi connectivity index (χ2n) is 7.72. The largest absolute Gasteiger partial charge is 0.381 e. The Hall–Kier alpha value is -2.83. The number of aromatic nitrogens is 3. The summed E-state index contributed by atoms with van der Waals surface area (Å²) >= 11 is 6.31. The average Bonchev–Trinajstić information content (AvgIpc) is 3.14. The van der Waals surface area contributed by atoms with Crippen molar-refractivity contribution in [1.29, 1.82) is 0 Å². The van der Waals surface area contributed by atoms with Crippen molar-refractivity contribution in [1.82, 2.24) is 19.9 Å². The van der Waals surface area contributed by atoms with E-state index in [1.165, 1.54) is 0 Å². The number of hydrogen-bond donors (Lipinski definition) is 3. The van der Waals surface area contributed by atoms with Gasteiger partial charge < -0.3 is 20.2 Å². The molecule has 5 rings (SSSR count). The van der Waals surface area contributed by atoms with Gasteiger partial charge in [-0.05, 0) is 63.3 Å². The van der Waals surface area contributed by atoms with Crippen molar-refractivity contribution in [2.45, 2.75) is 18.9 Å². The normalized spacial score (nSPS) is 15.9. The topological polar surface area (TPSA) is 76.8 Å². The summed E-state index contributed by atoms with van der Waals surface area (Å²) in [7, 11) is 2.14. The van der Waals surface area contributed by atoms with E-state index < -0.39 is 0 Å². The Morgan fingerprint density at radius 1 is 1.10 bits per heavy atom. The first-order valence-electron chi connectivity index (χ1n) is 9.84. The van der Waals surface area contributed by atoms with E-state index in [2.05, 4.69) is 32.2 Å². The highest BCUT2D eigenvalue weighted by atomic mass is 35.5. The second-order valence-corrected chi connectivity index (χ2v) is 8.15. The number of hydrogen-bond acceptors (Lipinski definition) is 4. The van der Waals surface area contributed by atoms with E-state index in [0.29, 0.717) is 22.5 Å². The molecule has 2 aromatic carbocycles. The van der Waals surface area contributed by atoms with Gasteiger partial charge in [-0.1, -0.05) is 23.7 Å². The van der Waals surface area contributed by atoms with Crippen LogP contribution in [0.4, 0.5) is 5.69 Å². The Morgan fingerprint density at radius 3 is 2.69 bits per heavy atom. The van der Waals surface area contributed by atoms with Gasteiger partial charge in [0, 0.05) is 16.5 Å². The van der Waals surface area contributed by atoms with Crippen molar-refractivity contribution in [2.24, 2.45) is 0 Å². The lowest BCUT2D eigenvalue weighted by Gasteiger charge is -2.31. The number of piperidine rings is 1. The predicted octanol–water partition coefficient (Wildman–Crippen LogP) is 4.23. The van der Waals surface area contributed by atoms with E-state index in [-0.39, 0.29) is 5.56 Å². The summed E-state index contributed by atoms with van der Waals surface area (Å²) < 4.78 is 0. The summed E-state index contributed by atoms with van der Waals surface area (Å²) in [4.78, 5) is 26.4. The highest BCUT2D eigenvalue weighted by molar-refractivity contribution is 6.31. The van der Waals surface area contributed by atoms with Gasteiger partial charge in [0.1, 0.15) is 11.4 Å². The van der Waals surface area contributed by atoms with Gasteiger partial charge in [-0.2, -0.15) is 0 Å². The summed E-state index contributed by atoms with van der Waals surface area (Å²) in [6, 6.07) is 13.6. The van der Waals surface area contributed by atoms with Crippen LogP contribution in [0.3, 0.4) is 0 Å². The standard InChI is InChI=1S/C22H22ClN5O/c1-28-10-8-14(9-11-28)24-20-15-12-13(23)6-7-16(15)27-22(29)19(20)21-25-17-4-2-3-5-18(17)26-21/h2-7,12,14H,8-11H2,1H3,(H,25,26)(H2,24,27,29).